The first-order valence-corrected chi connectivity index (χ1v) is 11.1. The lowest BCUT2D eigenvalue weighted by atomic mass is 10.1. The maximum atomic E-state index is 13.1. The van der Waals surface area contributed by atoms with E-state index in [4.69, 9.17) is 0 Å². The van der Waals surface area contributed by atoms with E-state index in [1.807, 2.05) is 6.26 Å². The Morgan fingerprint density at radius 1 is 1.34 bits per heavy atom. The Morgan fingerprint density at radius 2 is 2.10 bits per heavy atom. The van der Waals surface area contributed by atoms with E-state index in [-0.39, 0.29) is 11.7 Å². The van der Waals surface area contributed by atoms with Gasteiger partial charge in [0.1, 0.15) is 16.9 Å². The Morgan fingerprint density at radius 3 is 2.76 bits per heavy atom. The molecule has 1 N–H and O–H groups in total. The first kappa shape index (κ1) is 19.7. The number of thioether (sulfide) groups is 1. The van der Waals surface area contributed by atoms with Crippen LogP contribution in [0.2, 0.25) is 0 Å². The second kappa shape index (κ2) is 8.42. The van der Waals surface area contributed by atoms with Crippen LogP contribution in [-0.2, 0) is 0 Å². The van der Waals surface area contributed by atoms with E-state index in [9.17, 15) is 14.4 Å². The lowest BCUT2D eigenvalue weighted by Gasteiger charge is -2.19. The lowest BCUT2D eigenvalue weighted by Crippen LogP contribution is -2.31. The maximum absolute atomic E-state index is 13.1. The number of amides is 1. The van der Waals surface area contributed by atoms with Crippen molar-refractivity contribution in [2.45, 2.75) is 30.2 Å². The number of nitrogens with one attached hydrogen (secondary N) is 1. The van der Waals surface area contributed by atoms with E-state index in [0.29, 0.717) is 34.5 Å². The monoisotopic (exact) mass is 410 g/mol. The molecule has 4 rings (SSSR count). The number of carbonyl (C=O) groups is 1. The van der Waals surface area contributed by atoms with Crippen LogP contribution in [0.1, 0.15) is 46.8 Å². The van der Waals surface area contributed by atoms with Gasteiger partial charge in [0.15, 0.2) is 0 Å². The van der Waals surface area contributed by atoms with Crippen molar-refractivity contribution in [2.24, 2.45) is 5.92 Å². The second-order valence-electron chi connectivity index (χ2n) is 7.65. The minimum atomic E-state index is -0.238. The predicted octanol–water partition coefficient (Wildman–Crippen LogP) is 3.95. The van der Waals surface area contributed by atoms with E-state index in [1.54, 1.807) is 18.2 Å². The SMILES string of the molecule is CSc1nc(C2CC2)cc(C(=O)NCC2CCN(c3ccc(F)cc3)C2)c1C#N. The molecule has 0 spiro atoms. The van der Waals surface area contributed by atoms with Crippen LogP contribution in [0, 0.1) is 23.1 Å². The Bertz CT molecular complexity index is 953. The molecular formula is C22H23FN4OS. The summed E-state index contributed by atoms with van der Waals surface area (Å²) in [6, 6.07) is 10.5. The van der Waals surface area contributed by atoms with Crippen molar-refractivity contribution in [2.75, 3.05) is 30.8 Å². The molecule has 7 heteroatoms. The number of pyridine rings is 1. The molecule has 1 saturated carbocycles. The van der Waals surface area contributed by atoms with Crippen LogP contribution >= 0.6 is 11.8 Å². The molecule has 2 aromatic rings. The van der Waals surface area contributed by atoms with Crippen molar-refractivity contribution in [3.8, 4) is 6.07 Å². The standard InChI is InChI=1S/C22H23FN4OS/c1-29-22-19(11-24)18(10-20(26-22)15-2-3-15)21(28)25-12-14-8-9-27(13-14)17-6-4-16(23)5-7-17/h4-7,10,14-15H,2-3,8-9,12-13H2,1H3,(H,25,28). The third-order valence-corrected chi connectivity index (χ3v) is 6.26. The molecule has 29 heavy (non-hydrogen) atoms. The van der Waals surface area contributed by atoms with Crippen LogP contribution in [0.5, 0.6) is 0 Å². The molecule has 0 bridgehead atoms. The fourth-order valence-corrected chi connectivity index (χ4v) is 4.34. The first-order chi connectivity index (χ1) is 14.1. The van der Waals surface area contributed by atoms with Gasteiger partial charge in [0, 0.05) is 36.9 Å². The maximum Gasteiger partial charge on any atom is 0.252 e. The molecule has 150 valence electrons. The van der Waals surface area contributed by atoms with Gasteiger partial charge in [0.05, 0.1) is 11.1 Å². The highest BCUT2D eigenvalue weighted by Crippen LogP contribution is 2.40. The first-order valence-electron chi connectivity index (χ1n) is 9.86. The average molecular weight is 411 g/mol. The summed E-state index contributed by atoms with van der Waals surface area (Å²) in [5.41, 5.74) is 2.71. The van der Waals surface area contributed by atoms with E-state index >= 15 is 0 Å². The summed E-state index contributed by atoms with van der Waals surface area (Å²) in [4.78, 5) is 19.7. The van der Waals surface area contributed by atoms with Gasteiger partial charge in [-0.1, -0.05) is 0 Å². The molecule has 1 aliphatic carbocycles. The molecule has 1 unspecified atom stereocenters. The highest BCUT2D eigenvalue weighted by atomic mass is 32.2. The smallest absolute Gasteiger partial charge is 0.252 e. The number of hydrogen-bond donors (Lipinski definition) is 1. The molecule has 1 amide bonds. The number of benzene rings is 1. The van der Waals surface area contributed by atoms with Crippen LogP contribution in [0.25, 0.3) is 0 Å². The van der Waals surface area contributed by atoms with Gasteiger partial charge in [-0.25, -0.2) is 9.37 Å². The van der Waals surface area contributed by atoms with Gasteiger partial charge in [-0.05, 0) is 61.8 Å². The third kappa shape index (κ3) is 4.38. The zero-order chi connectivity index (χ0) is 20.4. The highest BCUT2D eigenvalue weighted by molar-refractivity contribution is 7.98. The molecule has 1 aromatic carbocycles. The molecule has 1 aliphatic heterocycles. The number of carbonyl (C=O) groups excluding carboxylic acids is 1. The van der Waals surface area contributed by atoms with E-state index in [1.165, 1.54) is 23.9 Å². The van der Waals surface area contributed by atoms with Gasteiger partial charge < -0.3 is 10.2 Å². The van der Waals surface area contributed by atoms with E-state index in [0.717, 1.165) is 43.7 Å². The van der Waals surface area contributed by atoms with Gasteiger partial charge in [0.25, 0.3) is 5.91 Å². The fraction of sp³-hybridized carbons (Fsp3) is 0.409. The summed E-state index contributed by atoms with van der Waals surface area (Å²) < 4.78 is 13.1. The van der Waals surface area contributed by atoms with Gasteiger partial charge in [-0.15, -0.1) is 11.8 Å². The molecule has 5 nitrogen and oxygen atoms in total. The van der Waals surface area contributed by atoms with Crippen LogP contribution in [0.4, 0.5) is 10.1 Å². The quantitative estimate of drug-likeness (QED) is 0.731. The molecule has 2 heterocycles. The van der Waals surface area contributed by atoms with Crippen LogP contribution < -0.4 is 10.2 Å². The number of nitrogens with zero attached hydrogens (tertiary/aromatic N) is 3. The number of aromatic nitrogens is 1. The number of hydrogen-bond acceptors (Lipinski definition) is 5. The summed E-state index contributed by atoms with van der Waals surface area (Å²) >= 11 is 1.41. The molecule has 0 radical (unpaired) electrons. The zero-order valence-electron chi connectivity index (χ0n) is 16.3. The number of nitriles is 1. The Balaban J connectivity index is 1.42. The largest absolute Gasteiger partial charge is 0.371 e. The summed E-state index contributed by atoms with van der Waals surface area (Å²) in [7, 11) is 0. The topological polar surface area (TPSA) is 69.0 Å². The van der Waals surface area contributed by atoms with Crippen LogP contribution in [0.3, 0.4) is 0 Å². The molecule has 2 fully saturated rings. The summed E-state index contributed by atoms with van der Waals surface area (Å²) in [5, 5.41) is 13.2. The average Bonchev–Trinajstić information content (AvgIpc) is 3.49. The molecule has 2 aliphatic rings. The lowest BCUT2D eigenvalue weighted by molar-refractivity contribution is 0.0947. The van der Waals surface area contributed by atoms with Gasteiger partial charge in [-0.2, -0.15) is 5.26 Å². The second-order valence-corrected chi connectivity index (χ2v) is 8.45. The van der Waals surface area contributed by atoms with Crippen molar-refractivity contribution in [1.29, 1.82) is 5.26 Å². The van der Waals surface area contributed by atoms with Crippen LogP contribution in [0.15, 0.2) is 35.4 Å². The van der Waals surface area contributed by atoms with Crippen molar-refractivity contribution in [3.05, 3.63) is 53.0 Å². The van der Waals surface area contributed by atoms with E-state index in [2.05, 4.69) is 21.3 Å². The minimum absolute atomic E-state index is 0.207. The Hall–Kier alpha value is -2.59. The Labute approximate surface area is 174 Å². The molecular weight excluding hydrogens is 387 g/mol. The summed E-state index contributed by atoms with van der Waals surface area (Å²) in [6.07, 6.45) is 5.02. The van der Waals surface area contributed by atoms with Crippen molar-refractivity contribution in [1.82, 2.24) is 10.3 Å². The van der Waals surface area contributed by atoms with Gasteiger partial charge >= 0.3 is 0 Å². The number of anilines is 1. The predicted molar refractivity (Wildman–Crippen MR) is 112 cm³/mol. The van der Waals surface area contributed by atoms with Crippen molar-refractivity contribution in [3.63, 3.8) is 0 Å². The van der Waals surface area contributed by atoms with Gasteiger partial charge in [0.2, 0.25) is 0 Å². The van der Waals surface area contributed by atoms with E-state index < -0.39 is 0 Å². The number of rotatable bonds is 6. The van der Waals surface area contributed by atoms with Crippen LogP contribution in [-0.4, -0.2) is 36.8 Å². The highest BCUT2D eigenvalue weighted by Gasteiger charge is 2.29. The third-order valence-electron chi connectivity index (χ3n) is 5.58. The normalized spacial score (nSPS) is 18.5. The van der Waals surface area contributed by atoms with Crippen molar-refractivity contribution < 1.29 is 9.18 Å². The molecule has 1 aromatic heterocycles. The minimum Gasteiger partial charge on any atom is -0.371 e. The zero-order valence-corrected chi connectivity index (χ0v) is 17.1. The molecule has 1 atom stereocenters. The fourth-order valence-electron chi connectivity index (χ4n) is 3.78. The van der Waals surface area contributed by atoms with Crippen molar-refractivity contribution >= 4 is 23.4 Å². The molecule has 1 saturated heterocycles. The summed E-state index contributed by atoms with van der Waals surface area (Å²) in [5.74, 6) is 0.289. The Kier molecular flexibility index (Phi) is 5.72. The van der Waals surface area contributed by atoms with Gasteiger partial charge in [-0.3, -0.25) is 4.79 Å². The summed E-state index contributed by atoms with van der Waals surface area (Å²) in [6.45, 7) is 2.25. The number of halogens is 1.